The highest BCUT2D eigenvalue weighted by Crippen LogP contribution is 2.10. The number of esters is 1. The van der Waals surface area contributed by atoms with Crippen LogP contribution in [0.3, 0.4) is 0 Å². The van der Waals surface area contributed by atoms with E-state index in [0.717, 1.165) is 19.3 Å². The average Bonchev–Trinajstić information content (AvgIpc) is 2.36. The normalized spacial score (nSPS) is 13.8. The molecule has 0 aromatic carbocycles. The van der Waals surface area contributed by atoms with Crippen molar-refractivity contribution in [2.45, 2.75) is 71.5 Å². The first-order valence-electron chi connectivity index (χ1n) is 7.05. The lowest BCUT2D eigenvalue weighted by atomic mass is 10.1. The Bertz CT molecular complexity index is 265. The Labute approximate surface area is 115 Å². The minimum atomic E-state index is -0.859. The van der Waals surface area contributed by atoms with Crippen molar-refractivity contribution >= 4 is 11.9 Å². The third-order valence-corrected chi connectivity index (χ3v) is 2.83. The summed E-state index contributed by atoms with van der Waals surface area (Å²) in [7, 11) is 0. The van der Waals surface area contributed by atoms with E-state index in [4.69, 9.17) is 14.6 Å². The highest BCUT2D eigenvalue weighted by molar-refractivity contribution is 5.75. The zero-order chi connectivity index (χ0) is 14.7. The van der Waals surface area contributed by atoms with Crippen LogP contribution in [-0.2, 0) is 19.1 Å². The summed E-state index contributed by atoms with van der Waals surface area (Å²) in [6.07, 6.45) is 2.71. The van der Waals surface area contributed by atoms with Gasteiger partial charge in [0, 0.05) is 13.0 Å². The number of hydrogen-bond donors (Lipinski definition) is 1. The van der Waals surface area contributed by atoms with Crippen LogP contribution in [0.15, 0.2) is 0 Å². The van der Waals surface area contributed by atoms with Crippen molar-refractivity contribution in [2.75, 3.05) is 6.61 Å². The summed E-state index contributed by atoms with van der Waals surface area (Å²) in [5.74, 6) is -1.24. The van der Waals surface area contributed by atoms with Gasteiger partial charge in [-0.05, 0) is 32.6 Å². The third kappa shape index (κ3) is 9.47. The first-order valence-corrected chi connectivity index (χ1v) is 7.05. The maximum atomic E-state index is 11.9. The lowest BCUT2D eigenvalue weighted by molar-refractivity contribution is -0.163. The molecule has 1 N–H and O–H groups in total. The molecule has 0 aliphatic rings. The van der Waals surface area contributed by atoms with Gasteiger partial charge in [-0.1, -0.05) is 20.3 Å². The van der Waals surface area contributed by atoms with E-state index in [9.17, 15) is 9.59 Å². The molecule has 0 saturated carbocycles. The molecule has 0 saturated heterocycles. The first-order chi connectivity index (χ1) is 9.01. The Morgan fingerprint density at radius 1 is 1.21 bits per heavy atom. The van der Waals surface area contributed by atoms with Crippen molar-refractivity contribution in [3.8, 4) is 0 Å². The highest BCUT2D eigenvalue weighted by atomic mass is 16.6. The van der Waals surface area contributed by atoms with Gasteiger partial charge in [0.25, 0.3) is 0 Å². The molecule has 0 rings (SSSR count). The van der Waals surface area contributed by atoms with Crippen LogP contribution in [0, 0.1) is 0 Å². The van der Waals surface area contributed by atoms with Gasteiger partial charge in [-0.25, -0.2) is 4.79 Å². The van der Waals surface area contributed by atoms with Crippen LogP contribution in [0.25, 0.3) is 0 Å². The summed E-state index contributed by atoms with van der Waals surface area (Å²) in [6, 6.07) is 0. The van der Waals surface area contributed by atoms with E-state index < -0.39 is 12.1 Å². The largest absolute Gasteiger partial charge is 0.481 e. The second kappa shape index (κ2) is 10.8. The van der Waals surface area contributed by atoms with Crippen LogP contribution in [-0.4, -0.2) is 35.9 Å². The van der Waals surface area contributed by atoms with E-state index in [1.54, 1.807) is 0 Å². The van der Waals surface area contributed by atoms with Crippen molar-refractivity contribution < 1.29 is 24.2 Å². The van der Waals surface area contributed by atoms with Crippen molar-refractivity contribution in [1.82, 2.24) is 0 Å². The first kappa shape index (κ1) is 17.9. The molecule has 5 heteroatoms. The minimum absolute atomic E-state index is 0.0459. The molecule has 0 aliphatic heterocycles. The van der Waals surface area contributed by atoms with Gasteiger partial charge < -0.3 is 14.6 Å². The molecule has 0 aromatic heterocycles. The van der Waals surface area contributed by atoms with E-state index in [-0.39, 0.29) is 18.5 Å². The second-order valence-electron chi connectivity index (χ2n) is 4.65. The van der Waals surface area contributed by atoms with E-state index in [1.165, 1.54) is 0 Å². The second-order valence-corrected chi connectivity index (χ2v) is 4.65. The molecule has 0 aliphatic carbocycles. The average molecular weight is 274 g/mol. The summed E-state index contributed by atoms with van der Waals surface area (Å²) < 4.78 is 10.7. The van der Waals surface area contributed by atoms with Gasteiger partial charge >= 0.3 is 11.9 Å². The quantitative estimate of drug-likeness (QED) is 0.463. The van der Waals surface area contributed by atoms with Crippen LogP contribution < -0.4 is 0 Å². The number of aliphatic carboxylic acids is 1. The lowest BCUT2D eigenvalue weighted by Crippen LogP contribution is -2.30. The maximum absolute atomic E-state index is 11.9. The van der Waals surface area contributed by atoms with E-state index >= 15 is 0 Å². The predicted octanol–water partition coefficient (Wildman–Crippen LogP) is 2.77. The molecule has 0 heterocycles. The zero-order valence-corrected chi connectivity index (χ0v) is 12.2. The van der Waals surface area contributed by atoms with Gasteiger partial charge in [-0.2, -0.15) is 0 Å². The summed E-state index contributed by atoms with van der Waals surface area (Å²) >= 11 is 0. The van der Waals surface area contributed by atoms with Crippen LogP contribution in [0.2, 0.25) is 0 Å². The highest BCUT2D eigenvalue weighted by Gasteiger charge is 2.22. The van der Waals surface area contributed by atoms with Crippen molar-refractivity contribution in [2.24, 2.45) is 0 Å². The van der Waals surface area contributed by atoms with E-state index in [0.29, 0.717) is 19.4 Å². The molecule has 19 heavy (non-hydrogen) atoms. The number of unbranched alkanes of at least 4 members (excludes halogenated alkanes) is 1. The van der Waals surface area contributed by atoms with Crippen LogP contribution in [0.4, 0.5) is 0 Å². The summed E-state index contributed by atoms with van der Waals surface area (Å²) in [5, 5.41) is 8.61. The number of ether oxygens (including phenoxy) is 2. The van der Waals surface area contributed by atoms with Crippen molar-refractivity contribution in [3.63, 3.8) is 0 Å². The fourth-order valence-electron chi connectivity index (χ4n) is 1.44. The Balaban J connectivity index is 4.21. The summed E-state index contributed by atoms with van der Waals surface area (Å²) in [4.78, 5) is 22.4. The van der Waals surface area contributed by atoms with Gasteiger partial charge in [0.1, 0.15) is 0 Å². The molecule has 0 aromatic rings. The molecule has 0 spiro atoms. The zero-order valence-electron chi connectivity index (χ0n) is 12.2. The van der Waals surface area contributed by atoms with Crippen molar-refractivity contribution in [3.05, 3.63) is 0 Å². The Morgan fingerprint density at radius 3 is 2.42 bits per heavy atom. The number of carboxylic acid groups (broad SMARTS) is 1. The van der Waals surface area contributed by atoms with Gasteiger partial charge in [0.15, 0.2) is 6.10 Å². The number of hydrogen-bond acceptors (Lipinski definition) is 4. The molecule has 0 fully saturated rings. The fraction of sp³-hybridized carbons (Fsp3) is 0.857. The van der Waals surface area contributed by atoms with Gasteiger partial charge in [-0.3, -0.25) is 4.79 Å². The summed E-state index contributed by atoms with van der Waals surface area (Å²) in [6.45, 7) is 6.32. The molecule has 0 bridgehead atoms. The fourth-order valence-corrected chi connectivity index (χ4v) is 1.44. The van der Waals surface area contributed by atoms with Gasteiger partial charge in [0.2, 0.25) is 0 Å². The van der Waals surface area contributed by atoms with Crippen molar-refractivity contribution in [1.29, 1.82) is 0 Å². The minimum Gasteiger partial charge on any atom is -0.481 e. The van der Waals surface area contributed by atoms with E-state index in [1.807, 2.05) is 20.8 Å². The van der Waals surface area contributed by atoms with Gasteiger partial charge in [0.05, 0.1) is 6.10 Å². The molecule has 112 valence electrons. The molecule has 5 nitrogen and oxygen atoms in total. The Morgan fingerprint density at radius 2 is 1.89 bits per heavy atom. The summed E-state index contributed by atoms with van der Waals surface area (Å²) in [5.41, 5.74) is 0. The topological polar surface area (TPSA) is 72.8 Å². The monoisotopic (exact) mass is 274 g/mol. The maximum Gasteiger partial charge on any atom is 0.335 e. The standard InChI is InChI=1S/C14H26O5/c1-4-6-10-18-12(8-7-9-13(15)16)14(17)19-11(3)5-2/h11-12H,4-10H2,1-3H3,(H,15,16). The molecule has 2 atom stereocenters. The molecule has 0 amide bonds. The van der Waals surface area contributed by atoms with E-state index in [2.05, 4.69) is 0 Å². The SMILES string of the molecule is CCCCOC(CCCC(=O)O)C(=O)OC(C)CC. The molecule has 0 radical (unpaired) electrons. The molecule has 2 unspecified atom stereocenters. The third-order valence-electron chi connectivity index (χ3n) is 2.83. The predicted molar refractivity (Wildman–Crippen MR) is 72.0 cm³/mol. The number of rotatable bonds is 11. The van der Waals surface area contributed by atoms with Crippen LogP contribution in [0.1, 0.15) is 59.3 Å². The smallest absolute Gasteiger partial charge is 0.335 e. The molecular formula is C14H26O5. The molecular weight excluding hydrogens is 248 g/mol. The number of carbonyl (C=O) groups excluding carboxylic acids is 1. The number of carbonyl (C=O) groups is 2. The van der Waals surface area contributed by atoms with Crippen LogP contribution >= 0.6 is 0 Å². The lowest BCUT2D eigenvalue weighted by Gasteiger charge is -2.19. The Hall–Kier alpha value is -1.10. The Kier molecular flexibility index (Phi) is 10.2. The van der Waals surface area contributed by atoms with Gasteiger partial charge in [-0.15, -0.1) is 0 Å². The van der Waals surface area contributed by atoms with Crippen LogP contribution in [0.5, 0.6) is 0 Å². The number of carboxylic acids is 1.